The van der Waals surface area contributed by atoms with E-state index in [9.17, 15) is 0 Å². The molecular weight excluding hydrogens is 729 g/mol. The number of anilines is 1. The molecule has 13 rings (SSSR count). The lowest BCUT2D eigenvalue weighted by Crippen LogP contribution is -2.12. The minimum Gasteiger partial charge on any atom is -0.372 e. The summed E-state index contributed by atoms with van der Waals surface area (Å²) in [7, 11) is 0. The van der Waals surface area contributed by atoms with Gasteiger partial charge in [0, 0.05) is 34.1 Å². The lowest BCUT2D eigenvalue weighted by molar-refractivity contribution is 0.981. The molecule has 2 aliphatic rings. The number of nitrogens with zero attached hydrogens (tertiary/aromatic N) is 3. The lowest BCUT2D eigenvalue weighted by Gasteiger charge is -2.24. The molecule has 0 spiro atoms. The summed E-state index contributed by atoms with van der Waals surface area (Å²) in [5.41, 5.74) is 18.4. The Bertz CT molecular complexity index is 3620. The van der Waals surface area contributed by atoms with Crippen molar-refractivity contribution in [3.05, 3.63) is 199 Å². The quantitative estimate of drug-likeness (QED) is 0.181. The zero-order chi connectivity index (χ0) is 39.3. The van der Waals surface area contributed by atoms with E-state index in [0.717, 1.165) is 55.2 Å². The zero-order valence-electron chi connectivity index (χ0n) is 32.4. The van der Waals surface area contributed by atoms with Gasteiger partial charge in [0.2, 0.25) is 0 Å². The molecular formula is C56H34N4. The summed E-state index contributed by atoms with van der Waals surface area (Å²) < 4.78 is 0. The third-order valence-electron chi connectivity index (χ3n) is 12.7. The van der Waals surface area contributed by atoms with Gasteiger partial charge in [-0.15, -0.1) is 0 Å². The fraction of sp³-hybridized carbons (Fsp3) is 0.0179. The maximum absolute atomic E-state index is 5.17. The number of pyridine rings is 3. The van der Waals surface area contributed by atoms with Gasteiger partial charge >= 0.3 is 0 Å². The van der Waals surface area contributed by atoms with E-state index >= 15 is 0 Å². The van der Waals surface area contributed by atoms with Crippen LogP contribution in [0.2, 0.25) is 0 Å². The van der Waals surface area contributed by atoms with Gasteiger partial charge in [-0.3, -0.25) is 9.97 Å². The Morgan fingerprint density at radius 3 is 1.68 bits per heavy atom. The normalized spacial score (nSPS) is 13.9. The predicted molar refractivity (Wildman–Crippen MR) is 250 cm³/mol. The highest BCUT2D eigenvalue weighted by molar-refractivity contribution is 6.27. The van der Waals surface area contributed by atoms with Crippen LogP contribution in [-0.2, 0) is 0 Å². The van der Waals surface area contributed by atoms with E-state index in [0.29, 0.717) is 0 Å². The average Bonchev–Trinajstić information content (AvgIpc) is 3.65. The van der Waals surface area contributed by atoms with Crippen LogP contribution in [0.5, 0.6) is 0 Å². The number of benzene rings is 8. The van der Waals surface area contributed by atoms with Crippen LogP contribution in [0.1, 0.15) is 17.2 Å². The van der Waals surface area contributed by atoms with Crippen molar-refractivity contribution < 1.29 is 0 Å². The lowest BCUT2D eigenvalue weighted by atomic mass is 9.82. The first-order valence-electron chi connectivity index (χ1n) is 20.5. The summed E-state index contributed by atoms with van der Waals surface area (Å²) in [5, 5.41) is 12.2. The first kappa shape index (κ1) is 33.1. The van der Waals surface area contributed by atoms with Crippen LogP contribution in [0.25, 0.3) is 116 Å². The third kappa shape index (κ3) is 4.88. The highest BCUT2D eigenvalue weighted by Crippen LogP contribution is 2.57. The average molecular weight is 763 g/mol. The highest BCUT2D eigenvalue weighted by Gasteiger charge is 2.30. The van der Waals surface area contributed by atoms with E-state index in [1.54, 1.807) is 0 Å². The standard InChI is InChI=1S/C56H34N4/c1-2-12-43-42(11-1)49(36-19-15-33(16-20-36)46-29-27-40-25-23-38-9-5-31-57-53(38)55(40)59-46)51-44-13-3-7-35-8-4-14-45(48(35)44)52(51)50(43)37-21-17-34(18-22-37)47-30-28-41-26-24-39-10-6-32-58-54(39)56(41)60-47/h1-32,46,59H. The summed E-state index contributed by atoms with van der Waals surface area (Å²) >= 11 is 0. The molecule has 3 aromatic heterocycles. The van der Waals surface area contributed by atoms with Gasteiger partial charge in [-0.25, -0.2) is 4.98 Å². The fourth-order valence-electron chi connectivity index (χ4n) is 9.93. The molecule has 4 heterocycles. The van der Waals surface area contributed by atoms with Gasteiger partial charge in [-0.05, 0) is 95.4 Å². The Kier molecular flexibility index (Phi) is 7.04. The highest BCUT2D eigenvalue weighted by atomic mass is 14.9. The molecule has 4 heteroatoms. The zero-order valence-corrected chi connectivity index (χ0v) is 32.4. The molecule has 1 atom stereocenters. The van der Waals surface area contributed by atoms with E-state index < -0.39 is 0 Å². The molecule has 1 unspecified atom stereocenters. The summed E-state index contributed by atoms with van der Waals surface area (Å²) in [6, 6.07) is 61.8. The molecule has 0 bridgehead atoms. The molecule has 4 nitrogen and oxygen atoms in total. The summed E-state index contributed by atoms with van der Waals surface area (Å²) in [5.74, 6) is 0. The summed E-state index contributed by atoms with van der Waals surface area (Å²) in [6.07, 6.45) is 8.20. The number of nitrogens with one attached hydrogen (secondary N) is 1. The second-order valence-corrected chi connectivity index (χ2v) is 15.9. The van der Waals surface area contributed by atoms with E-state index in [-0.39, 0.29) is 6.04 Å². The monoisotopic (exact) mass is 762 g/mol. The Morgan fingerprint density at radius 2 is 0.983 bits per heavy atom. The van der Waals surface area contributed by atoms with Gasteiger partial charge in [-0.1, -0.05) is 164 Å². The van der Waals surface area contributed by atoms with Gasteiger partial charge in [0.25, 0.3) is 0 Å². The van der Waals surface area contributed by atoms with Crippen LogP contribution >= 0.6 is 0 Å². The van der Waals surface area contributed by atoms with Crippen molar-refractivity contribution in [1.82, 2.24) is 15.0 Å². The van der Waals surface area contributed by atoms with Crippen molar-refractivity contribution >= 4 is 66.0 Å². The Hall–Kier alpha value is -7.95. The molecule has 0 radical (unpaired) electrons. The fourth-order valence-corrected chi connectivity index (χ4v) is 9.93. The minimum atomic E-state index is 0.0331. The molecule has 0 amide bonds. The van der Waals surface area contributed by atoms with Crippen molar-refractivity contribution in [3.63, 3.8) is 0 Å². The molecule has 1 aliphatic carbocycles. The molecule has 60 heavy (non-hydrogen) atoms. The molecule has 1 N–H and O–H groups in total. The van der Waals surface area contributed by atoms with Gasteiger partial charge in [0.05, 0.1) is 34.0 Å². The first-order chi connectivity index (χ1) is 29.7. The van der Waals surface area contributed by atoms with E-state index in [1.807, 2.05) is 24.5 Å². The molecule has 0 saturated heterocycles. The number of hydrogen-bond acceptors (Lipinski definition) is 4. The van der Waals surface area contributed by atoms with Gasteiger partial charge < -0.3 is 5.32 Å². The van der Waals surface area contributed by atoms with Crippen LogP contribution in [0.4, 0.5) is 5.69 Å². The molecule has 0 fully saturated rings. The number of rotatable bonds is 4. The minimum absolute atomic E-state index is 0.0331. The van der Waals surface area contributed by atoms with Crippen molar-refractivity contribution in [2.45, 2.75) is 6.04 Å². The maximum Gasteiger partial charge on any atom is 0.0972 e. The van der Waals surface area contributed by atoms with Crippen LogP contribution in [0, 0.1) is 0 Å². The molecule has 11 aromatic rings. The van der Waals surface area contributed by atoms with E-state index in [1.165, 1.54) is 71.6 Å². The van der Waals surface area contributed by atoms with Gasteiger partial charge in [-0.2, -0.15) is 0 Å². The van der Waals surface area contributed by atoms with E-state index in [4.69, 9.17) is 15.0 Å². The second kappa shape index (κ2) is 12.8. The van der Waals surface area contributed by atoms with Gasteiger partial charge in [0.1, 0.15) is 0 Å². The van der Waals surface area contributed by atoms with Crippen molar-refractivity contribution in [3.8, 4) is 55.8 Å². The largest absolute Gasteiger partial charge is 0.372 e. The Morgan fingerprint density at radius 1 is 0.417 bits per heavy atom. The molecule has 0 saturated carbocycles. The second-order valence-electron chi connectivity index (χ2n) is 15.9. The number of hydrogen-bond donors (Lipinski definition) is 1. The molecule has 1 aliphatic heterocycles. The topological polar surface area (TPSA) is 50.7 Å². The van der Waals surface area contributed by atoms with Crippen molar-refractivity contribution in [1.29, 1.82) is 0 Å². The van der Waals surface area contributed by atoms with Crippen molar-refractivity contribution in [2.75, 3.05) is 5.32 Å². The number of fused-ring (bicyclic) bond motifs is 10. The smallest absolute Gasteiger partial charge is 0.0972 e. The Balaban J connectivity index is 0.962. The van der Waals surface area contributed by atoms with Crippen LogP contribution < -0.4 is 5.32 Å². The summed E-state index contributed by atoms with van der Waals surface area (Å²) in [4.78, 5) is 14.6. The van der Waals surface area contributed by atoms with E-state index in [2.05, 4.69) is 175 Å². The van der Waals surface area contributed by atoms with Crippen LogP contribution in [-0.4, -0.2) is 15.0 Å². The third-order valence-corrected chi connectivity index (χ3v) is 12.7. The number of aromatic nitrogens is 3. The first-order valence-corrected chi connectivity index (χ1v) is 20.5. The van der Waals surface area contributed by atoms with Gasteiger partial charge in [0.15, 0.2) is 0 Å². The SMILES string of the molecule is C1=CC(c2ccc(-c3c4c(c(-c5ccc(-c6ccc7ccc8cccnc8c7n6)cc5)c5ccccc35)-c3cccc5cccc-4c35)cc2)Nc2c1ccc1cccnc21. The van der Waals surface area contributed by atoms with Crippen LogP contribution in [0.3, 0.4) is 0 Å². The Labute approximate surface area is 346 Å². The maximum atomic E-state index is 5.17. The predicted octanol–water partition coefficient (Wildman–Crippen LogP) is 14.5. The van der Waals surface area contributed by atoms with Crippen molar-refractivity contribution in [2.24, 2.45) is 0 Å². The molecule has 8 aromatic carbocycles. The summed E-state index contributed by atoms with van der Waals surface area (Å²) in [6.45, 7) is 0. The van der Waals surface area contributed by atoms with Crippen LogP contribution in [0.15, 0.2) is 188 Å². The molecule has 278 valence electrons.